The molecule has 0 atom stereocenters. The molecule has 4 heteroatoms. The molecule has 0 unspecified atom stereocenters. The lowest BCUT2D eigenvalue weighted by Gasteiger charge is -2.25. The van der Waals surface area contributed by atoms with Gasteiger partial charge in [0, 0.05) is 39.4 Å². The summed E-state index contributed by atoms with van der Waals surface area (Å²) in [6.07, 6.45) is 0. The Bertz CT molecular complexity index is 504. The summed E-state index contributed by atoms with van der Waals surface area (Å²) < 4.78 is 10.4. The van der Waals surface area contributed by atoms with Crippen molar-refractivity contribution in [2.75, 3.05) is 40.5 Å². The highest BCUT2D eigenvalue weighted by Gasteiger charge is 2.16. The highest BCUT2D eigenvalue weighted by molar-refractivity contribution is 5.97. The fourth-order valence-corrected chi connectivity index (χ4v) is 2.95. The third-order valence-corrected chi connectivity index (χ3v) is 4.09. The number of methoxy groups -OCH3 is 2. The average molecular weight is 307 g/mol. The van der Waals surface area contributed by atoms with Crippen LogP contribution in [0.4, 0.5) is 0 Å². The fraction of sp³-hybridized carbons (Fsp3) is 0.611. The summed E-state index contributed by atoms with van der Waals surface area (Å²) in [5.74, 6) is 0.136. The quantitative estimate of drug-likeness (QED) is 0.658. The molecule has 22 heavy (non-hydrogen) atoms. The molecule has 0 N–H and O–H groups in total. The van der Waals surface area contributed by atoms with Crippen LogP contribution in [0.25, 0.3) is 0 Å². The second-order valence-corrected chi connectivity index (χ2v) is 5.81. The van der Waals surface area contributed by atoms with E-state index in [9.17, 15) is 4.79 Å². The predicted molar refractivity (Wildman–Crippen MR) is 89.7 cm³/mol. The van der Waals surface area contributed by atoms with Crippen LogP contribution in [-0.2, 0) is 16.0 Å². The second kappa shape index (κ2) is 9.03. The van der Waals surface area contributed by atoms with Gasteiger partial charge in [-0.15, -0.1) is 0 Å². The Balaban J connectivity index is 3.07. The zero-order chi connectivity index (χ0) is 16.7. The van der Waals surface area contributed by atoms with E-state index in [-0.39, 0.29) is 5.78 Å². The molecule has 0 bridgehead atoms. The van der Waals surface area contributed by atoms with E-state index < -0.39 is 0 Å². The van der Waals surface area contributed by atoms with E-state index in [2.05, 4.69) is 24.8 Å². The first-order valence-corrected chi connectivity index (χ1v) is 7.73. The number of carbonyl (C=O) groups is 1. The van der Waals surface area contributed by atoms with Crippen molar-refractivity contribution in [3.8, 4) is 0 Å². The number of aryl methyl sites for hydroxylation is 2. The predicted octanol–water partition coefficient (Wildman–Crippen LogP) is 2.91. The van der Waals surface area contributed by atoms with E-state index in [1.807, 2.05) is 6.92 Å². The molecule has 4 nitrogen and oxygen atoms in total. The molecular weight excluding hydrogens is 278 g/mol. The molecule has 0 saturated carbocycles. The van der Waals surface area contributed by atoms with Gasteiger partial charge in [-0.2, -0.15) is 0 Å². The van der Waals surface area contributed by atoms with Crippen LogP contribution in [-0.4, -0.2) is 51.2 Å². The second-order valence-electron chi connectivity index (χ2n) is 5.81. The van der Waals surface area contributed by atoms with E-state index in [1.54, 1.807) is 21.1 Å². The molecule has 0 aromatic heterocycles. The number of benzene rings is 1. The molecule has 0 spiro atoms. The Morgan fingerprint density at radius 1 is 1.05 bits per heavy atom. The smallest absolute Gasteiger partial charge is 0.160 e. The maximum Gasteiger partial charge on any atom is 0.160 e. The van der Waals surface area contributed by atoms with E-state index in [1.165, 1.54) is 11.1 Å². The van der Waals surface area contributed by atoms with Crippen molar-refractivity contribution in [1.29, 1.82) is 0 Å². The summed E-state index contributed by atoms with van der Waals surface area (Å²) in [6, 6.07) is 2.11. The van der Waals surface area contributed by atoms with Crippen LogP contribution in [0.3, 0.4) is 0 Å². The summed E-state index contributed by atoms with van der Waals surface area (Å²) in [7, 11) is 3.43. The van der Waals surface area contributed by atoms with Crippen molar-refractivity contribution in [1.82, 2.24) is 4.90 Å². The zero-order valence-corrected chi connectivity index (χ0v) is 14.8. The van der Waals surface area contributed by atoms with Gasteiger partial charge in [0.15, 0.2) is 5.78 Å². The van der Waals surface area contributed by atoms with Gasteiger partial charge < -0.3 is 9.47 Å². The third-order valence-electron chi connectivity index (χ3n) is 4.09. The van der Waals surface area contributed by atoms with Crippen LogP contribution >= 0.6 is 0 Å². The van der Waals surface area contributed by atoms with E-state index in [4.69, 9.17) is 9.47 Å². The first kappa shape index (κ1) is 18.8. The van der Waals surface area contributed by atoms with E-state index >= 15 is 0 Å². The van der Waals surface area contributed by atoms with Crippen LogP contribution in [0.15, 0.2) is 6.07 Å². The first-order valence-electron chi connectivity index (χ1n) is 7.73. The number of hydrogen-bond acceptors (Lipinski definition) is 4. The van der Waals surface area contributed by atoms with Gasteiger partial charge in [0.2, 0.25) is 0 Å². The van der Waals surface area contributed by atoms with Crippen molar-refractivity contribution >= 4 is 5.78 Å². The van der Waals surface area contributed by atoms with Gasteiger partial charge in [-0.3, -0.25) is 9.69 Å². The molecule has 0 aliphatic heterocycles. The monoisotopic (exact) mass is 307 g/mol. The first-order chi connectivity index (χ1) is 10.4. The van der Waals surface area contributed by atoms with Crippen LogP contribution in [0.5, 0.6) is 0 Å². The molecule has 0 aliphatic carbocycles. The van der Waals surface area contributed by atoms with Crippen LogP contribution < -0.4 is 0 Å². The molecule has 1 aromatic carbocycles. The summed E-state index contributed by atoms with van der Waals surface area (Å²) in [6.45, 7) is 11.7. The van der Waals surface area contributed by atoms with Gasteiger partial charge in [0.05, 0.1) is 13.2 Å². The topological polar surface area (TPSA) is 38.8 Å². The lowest BCUT2D eigenvalue weighted by atomic mass is 9.91. The van der Waals surface area contributed by atoms with Gasteiger partial charge in [-0.25, -0.2) is 0 Å². The largest absolute Gasteiger partial charge is 0.383 e. The minimum absolute atomic E-state index is 0.136. The molecule has 0 fully saturated rings. The van der Waals surface area contributed by atoms with Crippen LogP contribution in [0.2, 0.25) is 0 Å². The maximum absolute atomic E-state index is 11.9. The number of ether oxygens (including phenoxy) is 2. The summed E-state index contributed by atoms with van der Waals surface area (Å²) >= 11 is 0. The van der Waals surface area contributed by atoms with Gasteiger partial charge >= 0.3 is 0 Å². The molecule has 0 radical (unpaired) electrons. The van der Waals surface area contributed by atoms with Crippen molar-refractivity contribution < 1.29 is 14.3 Å². The molecule has 1 rings (SSSR count). The maximum atomic E-state index is 11.9. The normalized spacial score (nSPS) is 11.2. The molecule has 0 saturated heterocycles. The average Bonchev–Trinajstić information content (AvgIpc) is 2.44. The number of Topliss-reactive ketones (excluding diaryl/α,β-unsaturated/α-hetero) is 1. The van der Waals surface area contributed by atoms with Gasteiger partial charge in [0.25, 0.3) is 0 Å². The van der Waals surface area contributed by atoms with Crippen LogP contribution in [0, 0.1) is 20.8 Å². The Labute approximate surface area is 134 Å². The molecule has 124 valence electrons. The summed E-state index contributed by atoms with van der Waals surface area (Å²) in [4.78, 5) is 14.2. The Morgan fingerprint density at radius 3 is 2.05 bits per heavy atom. The molecule has 1 aromatic rings. The van der Waals surface area contributed by atoms with Crippen molar-refractivity contribution in [2.24, 2.45) is 0 Å². The standard InChI is InChI=1S/C18H29NO3/c1-13-11-14(2)18(16(4)20)15(3)17(13)12-19(7-9-21-5)8-10-22-6/h11H,7-10,12H2,1-6H3. The zero-order valence-electron chi connectivity index (χ0n) is 14.8. The van der Waals surface area contributed by atoms with Crippen LogP contribution in [0.1, 0.15) is 39.5 Å². The van der Waals surface area contributed by atoms with E-state index in [0.717, 1.165) is 36.3 Å². The van der Waals surface area contributed by atoms with Crippen molar-refractivity contribution in [3.05, 3.63) is 33.9 Å². The lowest BCUT2D eigenvalue weighted by molar-refractivity contribution is 0.101. The lowest BCUT2D eigenvalue weighted by Crippen LogP contribution is -2.31. The third kappa shape index (κ3) is 4.90. The van der Waals surface area contributed by atoms with Gasteiger partial charge in [-0.05, 0) is 49.9 Å². The van der Waals surface area contributed by atoms with E-state index in [0.29, 0.717) is 13.2 Å². The number of hydrogen-bond donors (Lipinski definition) is 0. The summed E-state index contributed by atoms with van der Waals surface area (Å²) in [5, 5.41) is 0. The molecule has 0 amide bonds. The molecular formula is C18H29NO3. The Kier molecular flexibility index (Phi) is 7.73. The Morgan fingerprint density at radius 2 is 1.59 bits per heavy atom. The van der Waals surface area contributed by atoms with Gasteiger partial charge in [-0.1, -0.05) is 6.07 Å². The molecule has 0 heterocycles. The SMILES string of the molecule is COCCN(CCOC)Cc1c(C)cc(C)c(C(C)=O)c1C. The minimum atomic E-state index is 0.136. The number of ketones is 1. The highest BCUT2D eigenvalue weighted by atomic mass is 16.5. The summed E-state index contributed by atoms with van der Waals surface area (Å²) in [5.41, 5.74) is 5.50. The number of carbonyl (C=O) groups excluding carboxylic acids is 1. The number of rotatable bonds is 9. The fourth-order valence-electron chi connectivity index (χ4n) is 2.95. The highest BCUT2D eigenvalue weighted by Crippen LogP contribution is 2.24. The van der Waals surface area contributed by atoms with Crippen molar-refractivity contribution in [2.45, 2.75) is 34.2 Å². The Hall–Kier alpha value is -1.23. The minimum Gasteiger partial charge on any atom is -0.383 e. The number of nitrogens with zero attached hydrogens (tertiary/aromatic N) is 1. The van der Waals surface area contributed by atoms with Gasteiger partial charge in [0.1, 0.15) is 0 Å². The molecule has 0 aliphatic rings. The van der Waals surface area contributed by atoms with Crippen molar-refractivity contribution in [3.63, 3.8) is 0 Å².